The van der Waals surface area contributed by atoms with E-state index in [2.05, 4.69) is 10.1 Å². The summed E-state index contributed by atoms with van der Waals surface area (Å²) >= 11 is 1.24. The van der Waals surface area contributed by atoms with E-state index in [0.29, 0.717) is 10.8 Å². The van der Waals surface area contributed by atoms with Gasteiger partial charge >= 0.3 is 0 Å². The second-order valence-corrected chi connectivity index (χ2v) is 3.83. The van der Waals surface area contributed by atoms with Crippen molar-refractivity contribution in [1.82, 2.24) is 4.98 Å². The average molecular weight is 226 g/mol. The number of nitrogen functional groups attached to an aromatic ring is 1. The van der Waals surface area contributed by atoms with Gasteiger partial charge in [0.2, 0.25) is 0 Å². The van der Waals surface area contributed by atoms with E-state index in [9.17, 15) is 4.79 Å². The monoisotopic (exact) mass is 226 g/mol. The lowest BCUT2D eigenvalue weighted by molar-refractivity contribution is 0.0705. The van der Waals surface area contributed by atoms with Crippen molar-refractivity contribution in [2.24, 2.45) is 5.16 Å². The molecule has 1 aromatic heterocycles. The molecule has 1 rings (SSSR count). The zero-order chi connectivity index (χ0) is 11.3. The number of thiazole rings is 1. The molecule has 1 radical (unpaired) electrons. The lowest BCUT2D eigenvalue weighted by atomic mass is 10.3. The summed E-state index contributed by atoms with van der Waals surface area (Å²) in [6.07, 6.45) is 2.45. The Labute approximate surface area is 91.9 Å². The first-order valence-electron chi connectivity index (χ1n) is 4.50. The van der Waals surface area contributed by atoms with Crippen molar-refractivity contribution < 1.29 is 9.63 Å². The lowest BCUT2D eigenvalue weighted by Gasteiger charge is -2.05. The van der Waals surface area contributed by atoms with Gasteiger partial charge in [-0.2, -0.15) is 0 Å². The van der Waals surface area contributed by atoms with Crippen LogP contribution in [0.4, 0.5) is 5.13 Å². The largest absolute Gasteiger partial charge is 0.392 e. The van der Waals surface area contributed by atoms with Crippen LogP contribution in [0.3, 0.4) is 0 Å². The van der Waals surface area contributed by atoms with Gasteiger partial charge < -0.3 is 10.6 Å². The first-order chi connectivity index (χ1) is 7.17. The second-order valence-electron chi connectivity index (χ2n) is 2.94. The molecule has 0 saturated carbocycles. The van der Waals surface area contributed by atoms with E-state index < -0.39 is 0 Å². The summed E-state index contributed by atoms with van der Waals surface area (Å²) in [5.74, 6) is 0. The molecule has 6 heteroatoms. The number of nitrogens with zero attached hydrogens (tertiary/aromatic N) is 2. The number of anilines is 1. The molecule has 0 aliphatic carbocycles. The van der Waals surface area contributed by atoms with Crippen LogP contribution in [0.5, 0.6) is 0 Å². The SMILES string of the molecule is CCC(C)ON=C([C]=O)c1csc(N)n1. The van der Waals surface area contributed by atoms with Crippen LogP contribution >= 0.6 is 11.3 Å². The summed E-state index contributed by atoms with van der Waals surface area (Å²) in [5.41, 5.74) is 5.88. The third-order valence-corrected chi connectivity index (χ3v) is 2.43. The molecule has 1 heterocycles. The maximum Gasteiger partial charge on any atom is 0.259 e. The molecule has 0 aromatic carbocycles. The molecule has 2 N–H and O–H groups in total. The number of hydrogen-bond donors (Lipinski definition) is 1. The number of hydrogen-bond acceptors (Lipinski definition) is 6. The van der Waals surface area contributed by atoms with Crippen molar-refractivity contribution in [3.63, 3.8) is 0 Å². The van der Waals surface area contributed by atoms with Gasteiger partial charge in [-0.05, 0) is 13.3 Å². The van der Waals surface area contributed by atoms with Gasteiger partial charge in [0.15, 0.2) is 10.8 Å². The highest BCUT2D eigenvalue weighted by Gasteiger charge is 2.09. The average Bonchev–Trinajstić information content (AvgIpc) is 2.65. The van der Waals surface area contributed by atoms with E-state index in [-0.39, 0.29) is 11.8 Å². The molecule has 15 heavy (non-hydrogen) atoms. The molecule has 0 bridgehead atoms. The maximum atomic E-state index is 10.6. The van der Waals surface area contributed by atoms with Gasteiger partial charge in [-0.3, -0.25) is 4.79 Å². The van der Waals surface area contributed by atoms with Crippen molar-refractivity contribution >= 4 is 28.5 Å². The van der Waals surface area contributed by atoms with Gasteiger partial charge in [-0.25, -0.2) is 4.98 Å². The number of oxime groups is 1. The Kier molecular flexibility index (Phi) is 4.23. The number of aromatic nitrogens is 1. The Morgan fingerprint density at radius 3 is 3.07 bits per heavy atom. The standard InChI is InChI=1S/C9H12N3O2S/c1-3-6(2)14-12-7(4-13)8-5-15-9(10)11-8/h5-6H,3H2,1-2H3,(H2,10,11). The molecule has 5 nitrogen and oxygen atoms in total. The van der Waals surface area contributed by atoms with Gasteiger partial charge in [-0.1, -0.05) is 12.1 Å². The first-order valence-corrected chi connectivity index (χ1v) is 5.38. The topological polar surface area (TPSA) is 77.6 Å². The minimum Gasteiger partial charge on any atom is -0.392 e. The minimum absolute atomic E-state index is 0.0377. The van der Waals surface area contributed by atoms with E-state index in [1.165, 1.54) is 11.3 Å². The highest BCUT2D eigenvalue weighted by Crippen LogP contribution is 2.11. The molecule has 1 unspecified atom stereocenters. The summed E-state index contributed by atoms with van der Waals surface area (Å²) in [4.78, 5) is 19.6. The van der Waals surface area contributed by atoms with E-state index in [4.69, 9.17) is 10.6 Å². The van der Waals surface area contributed by atoms with Crippen molar-refractivity contribution in [2.45, 2.75) is 26.4 Å². The Hall–Kier alpha value is -1.43. The van der Waals surface area contributed by atoms with Gasteiger partial charge in [0.1, 0.15) is 11.8 Å². The molecule has 1 atom stereocenters. The third kappa shape index (κ3) is 3.32. The fourth-order valence-electron chi connectivity index (χ4n) is 0.731. The van der Waals surface area contributed by atoms with E-state index in [0.717, 1.165) is 6.42 Å². The van der Waals surface area contributed by atoms with Gasteiger partial charge in [0.25, 0.3) is 6.29 Å². The third-order valence-electron chi connectivity index (χ3n) is 1.76. The van der Waals surface area contributed by atoms with Gasteiger partial charge in [0, 0.05) is 5.38 Å². The maximum absolute atomic E-state index is 10.6. The molecule has 0 aliphatic heterocycles. The summed E-state index contributed by atoms with van der Waals surface area (Å²) in [6, 6.07) is 0. The molecule has 1 aromatic rings. The summed E-state index contributed by atoms with van der Waals surface area (Å²) < 4.78 is 0. The van der Waals surface area contributed by atoms with Crippen LogP contribution in [0.1, 0.15) is 26.0 Å². The Bertz CT molecular complexity index is 362. The predicted molar refractivity (Wildman–Crippen MR) is 59.6 cm³/mol. The van der Waals surface area contributed by atoms with Crippen LogP contribution < -0.4 is 5.73 Å². The minimum atomic E-state index is -0.0377. The van der Waals surface area contributed by atoms with Crippen LogP contribution in [0.25, 0.3) is 0 Å². The van der Waals surface area contributed by atoms with Crippen LogP contribution in [0.2, 0.25) is 0 Å². The second kappa shape index (κ2) is 5.45. The van der Waals surface area contributed by atoms with E-state index in [1.807, 2.05) is 13.8 Å². The quantitative estimate of drug-likeness (QED) is 0.607. The lowest BCUT2D eigenvalue weighted by Crippen LogP contribution is -2.08. The van der Waals surface area contributed by atoms with E-state index >= 15 is 0 Å². The van der Waals surface area contributed by atoms with Crippen LogP contribution in [0.15, 0.2) is 10.5 Å². The molecule has 0 saturated heterocycles. The molecule has 0 fully saturated rings. The van der Waals surface area contributed by atoms with E-state index in [1.54, 1.807) is 11.7 Å². The molecule has 0 amide bonds. The summed E-state index contributed by atoms with van der Waals surface area (Å²) in [7, 11) is 0. The van der Waals surface area contributed by atoms with Crippen LogP contribution in [-0.2, 0) is 9.63 Å². The summed E-state index contributed by atoms with van der Waals surface area (Å²) in [5, 5.41) is 5.70. The predicted octanol–water partition coefficient (Wildman–Crippen LogP) is 1.35. The first kappa shape index (κ1) is 11.6. The number of nitrogens with two attached hydrogens (primary N) is 1. The number of rotatable bonds is 5. The highest BCUT2D eigenvalue weighted by atomic mass is 32.1. The smallest absolute Gasteiger partial charge is 0.259 e. The molecule has 0 spiro atoms. The molecule has 81 valence electrons. The van der Waals surface area contributed by atoms with Crippen LogP contribution in [0, 0.1) is 0 Å². The molecule has 0 aliphatic rings. The van der Waals surface area contributed by atoms with Crippen molar-refractivity contribution in [1.29, 1.82) is 0 Å². The van der Waals surface area contributed by atoms with Gasteiger partial charge in [0.05, 0.1) is 0 Å². The van der Waals surface area contributed by atoms with Crippen molar-refractivity contribution in [3.05, 3.63) is 11.1 Å². The molecular formula is C9H12N3O2S. The zero-order valence-electron chi connectivity index (χ0n) is 8.56. The molecular weight excluding hydrogens is 214 g/mol. The Morgan fingerprint density at radius 1 is 1.87 bits per heavy atom. The fraction of sp³-hybridized carbons (Fsp3) is 0.444. The Balaban J connectivity index is 2.75. The summed E-state index contributed by atoms with van der Waals surface area (Å²) in [6.45, 7) is 3.83. The van der Waals surface area contributed by atoms with Gasteiger partial charge in [-0.15, -0.1) is 11.3 Å². The zero-order valence-corrected chi connectivity index (χ0v) is 9.37. The van der Waals surface area contributed by atoms with Crippen molar-refractivity contribution in [3.8, 4) is 0 Å². The highest BCUT2D eigenvalue weighted by molar-refractivity contribution is 7.13. The van der Waals surface area contributed by atoms with Crippen molar-refractivity contribution in [2.75, 3.05) is 5.73 Å². The number of carbonyl (C=O) groups excluding carboxylic acids is 1. The fourth-order valence-corrected chi connectivity index (χ4v) is 1.28. The normalized spacial score (nSPS) is 13.6. The van der Waals surface area contributed by atoms with Crippen LogP contribution in [-0.4, -0.2) is 23.1 Å². The Morgan fingerprint density at radius 2 is 2.60 bits per heavy atom.